The summed E-state index contributed by atoms with van der Waals surface area (Å²) in [4.78, 5) is 0. The lowest BCUT2D eigenvalue weighted by molar-refractivity contribution is 0.124. The molecule has 0 aromatic heterocycles. The summed E-state index contributed by atoms with van der Waals surface area (Å²) in [7, 11) is 0. The van der Waals surface area contributed by atoms with E-state index in [9.17, 15) is 0 Å². The predicted molar refractivity (Wildman–Crippen MR) is 70.1 cm³/mol. The highest BCUT2D eigenvalue weighted by molar-refractivity contribution is 4.89. The van der Waals surface area contributed by atoms with Gasteiger partial charge in [0.25, 0.3) is 0 Å². The Bertz CT molecular complexity index is 156. The van der Waals surface area contributed by atoms with Gasteiger partial charge in [-0.25, -0.2) is 0 Å². The van der Waals surface area contributed by atoms with Gasteiger partial charge in [-0.1, -0.05) is 33.1 Å². The number of hydrogen-bond acceptors (Lipinski definition) is 1. The second-order valence-corrected chi connectivity index (χ2v) is 5.08. The highest BCUT2D eigenvalue weighted by Gasteiger charge is 2.22. The van der Waals surface area contributed by atoms with Crippen molar-refractivity contribution < 1.29 is 4.74 Å². The number of unbranched alkanes of at least 4 members (excludes halogenated alkanes) is 2. The van der Waals surface area contributed by atoms with Gasteiger partial charge in [0, 0.05) is 13.2 Å². The van der Waals surface area contributed by atoms with Crippen LogP contribution in [0.4, 0.5) is 0 Å². The molecule has 94 valence electrons. The molecule has 1 aliphatic rings. The Morgan fingerprint density at radius 3 is 2.75 bits per heavy atom. The van der Waals surface area contributed by atoms with E-state index in [1.165, 1.54) is 44.9 Å². The summed E-state index contributed by atoms with van der Waals surface area (Å²) >= 11 is 0. The minimum absolute atomic E-state index is 0.853. The quantitative estimate of drug-likeness (QED) is 0.526. The highest BCUT2D eigenvalue weighted by Crippen LogP contribution is 2.34. The van der Waals surface area contributed by atoms with Gasteiger partial charge in [0.15, 0.2) is 0 Å². The summed E-state index contributed by atoms with van der Waals surface area (Å²) in [5, 5.41) is 0. The summed E-state index contributed by atoms with van der Waals surface area (Å²) in [6.07, 6.45) is 12.7. The molecule has 2 unspecified atom stereocenters. The van der Waals surface area contributed by atoms with Crippen LogP contribution in [-0.4, -0.2) is 13.2 Å². The molecule has 0 spiro atoms. The normalized spacial score (nSPS) is 25.1. The van der Waals surface area contributed by atoms with Crippen molar-refractivity contribution in [1.29, 1.82) is 0 Å². The van der Waals surface area contributed by atoms with Crippen molar-refractivity contribution in [1.82, 2.24) is 0 Å². The maximum Gasteiger partial charge on any atom is 0.0466 e. The smallest absolute Gasteiger partial charge is 0.0466 e. The summed E-state index contributed by atoms with van der Waals surface area (Å²) in [6.45, 7) is 8.15. The Kier molecular flexibility index (Phi) is 7.92. The predicted octanol–water partition coefficient (Wildman–Crippen LogP) is 4.43. The van der Waals surface area contributed by atoms with Crippen LogP contribution in [0.1, 0.15) is 58.3 Å². The van der Waals surface area contributed by atoms with Crippen LogP contribution >= 0.6 is 0 Å². The first-order valence-electron chi connectivity index (χ1n) is 7.07. The third-order valence-electron chi connectivity index (χ3n) is 3.60. The lowest BCUT2D eigenvalue weighted by Gasteiger charge is -2.10. The van der Waals surface area contributed by atoms with E-state index in [4.69, 9.17) is 4.74 Å². The molecule has 16 heavy (non-hydrogen) atoms. The molecule has 1 rings (SSSR count). The lowest BCUT2D eigenvalue weighted by Crippen LogP contribution is -2.01. The third-order valence-corrected chi connectivity index (χ3v) is 3.60. The van der Waals surface area contributed by atoms with Crippen LogP contribution in [0.25, 0.3) is 0 Å². The van der Waals surface area contributed by atoms with Crippen LogP contribution in [0.5, 0.6) is 0 Å². The van der Waals surface area contributed by atoms with Crippen LogP contribution in [0.3, 0.4) is 0 Å². The Hall–Kier alpha value is -0.0400. The molecule has 0 N–H and O–H groups in total. The SMILES string of the molecule is [CH2]CC1C[CH]C(CCCOCCCCC)C1. The first kappa shape index (κ1) is 14.0. The molecule has 0 saturated heterocycles. The van der Waals surface area contributed by atoms with E-state index in [-0.39, 0.29) is 0 Å². The van der Waals surface area contributed by atoms with Crippen molar-refractivity contribution in [2.24, 2.45) is 11.8 Å². The van der Waals surface area contributed by atoms with Crippen molar-refractivity contribution >= 4 is 0 Å². The fraction of sp³-hybridized carbons (Fsp3) is 0.867. The first-order valence-corrected chi connectivity index (χ1v) is 7.07. The molecule has 1 saturated carbocycles. The highest BCUT2D eigenvalue weighted by atomic mass is 16.5. The zero-order chi connectivity index (χ0) is 11.6. The Labute approximate surface area is 102 Å². The van der Waals surface area contributed by atoms with Gasteiger partial charge in [0.2, 0.25) is 0 Å². The Morgan fingerprint density at radius 1 is 1.25 bits per heavy atom. The van der Waals surface area contributed by atoms with Crippen molar-refractivity contribution in [2.45, 2.75) is 58.3 Å². The van der Waals surface area contributed by atoms with E-state index in [2.05, 4.69) is 20.3 Å². The maximum atomic E-state index is 5.62. The topological polar surface area (TPSA) is 9.23 Å². The van der Waals surface area contributed by atoms with E-state index in [1.54, 1.807) is 0 Å². The molecule has 0 bridgehead atoms. The molecular weight excluding hydrogens is 196 g/mol. The van der Waals surface area contributed by atoms with Gasteiger partial charge in [0.1, 0.15) is 0 Å². The molecular formula is C15H28O. The summed E-state index contributed by atoms with van der Waals surface area (Å²) in [5.41, 5.74) is 0. The largest absolute Gasteiger partial charge is 0.381 e. The van der Waals surface area contributed by atoms with E-state index < -0.39 is 0 Å². The third kappa shape index (κ3) is 5.89. The number of rotatable bonds is 9. The summed E-state index contributed by atoms with van der Waals surface area (Å²) in [6, 6.07) is 0. The van der Waals surface area contributed by atoms with E-state index in [1.807, 2.05) is 0 Å². The molecule has 1 heteroatoms. The zero-order valence-corrected chi connectivity index (χ0v) is 10.9. The number of ether oxygens (including phenoxy) is 1. The van der Waals surface area contributed by atoms with Crippen molar-refractivity contribution in [3.8, 4) is 0 Å². The van der Waals surface area contributed by atoms with Gasteiger partial charge in [-0.3, -0.25) is 0 Å². The molecule has 1 fully saturated rings. The van der Waals surface area contributed by atoms with Crippen molar-refractivity contribution in [3.63, 3.8) is 0 Å². The standard InChI is InChI=1S/C15H28O/c1-3-5-6-11-16-12-7-8-15-10-9-14(4-2)13-15/h10,14-15H,2-9,11-13H2,1H3. The molecule has 0 amide bonds. The first-order chi connectivity index (χ1) is 7.86. The minimum Gasteiger partial charge on any atom is -0.381 e. The Morgan fingerprint density at radius 2 is 2.06 bits per heavy atom. The molecule has 0 heterocycles. The monoisotopic (exact) mass is 224 g/mol. The van der Waals surface area contributed by atoms with Gasteiger partial charge in [0.05, 0.1) is 0 Å². The average Bonchev–Trinajstić information content (AvgIpc) is 2.76. The lowest BCUT2D eigenvalue weighted by atomic mass is 9.99. The second kappa shape index (κ2) is 9.04. The van der Waals surface area contributed by atoms with Crippen molar-refractivity contribution in [2.75, 3.05) is 13.2 Å². The maximum absolute atomic E-state index is 5.62. The van der Waals surface area contributed by atoms with Gasteiger partial charge >= 0.3 is 0 Å². The zero-order valence-electron chi connectivity index (χ0n) is 10.9. The minimum atomic E-state index is 0.853. The van der Waals surface area contributed by atoms with Gasteiger partial charge in [-0.05, 0) is 50.4 Å². The van der Waals surface area contributed by atoms with Crippen LogP contribution in [0.15, 0.2) is 0 Å². The van der Waals surface area contributed by atoms with Gasteiger partial charge in [-0.15, -0.1) is 0 Å². The molecule has 2 radical (unpaired) electrons. The fourth-order valence-corrected chi connectivity index (χ4v) is 2.48. The van der Waals surface area contributed by atoms with E-state index >= 15 is 0 Å². The summed E-state index contributed by atoms with van der Waals surface area (Å²) in [5.74, 6) is 1.72. The van der Waals surface area contributed by atoms with Crippen LogP contribution in [0.2, 0.25) is 0 Å². The van der Waals surface area contributed by atoms with E-state index in [0.29, 0.717) is 0 Å². The van der Waals surface area contributed by atoms with E-state index in [0.717, 1.165) is 31.5 Å². The molecule has 1 nitrogen and oxygen atoms in total. The second-order valence-electron chi connectivity index (χ2n) is 5.08. The van der Waals surface area contributed by atoms with Gasteiger partial charge < -0.3 is 4.74 Å². The number of hydrogen-bond donors (Lipinski definition) is 0. The Balaban J connectivity index is 1.84. The molecule has 1 aliphatic carbocycles. The van der Waals surface area contributed by atoms with Crippen molar-refractivity contribution in [3.05, 3.63) is 13.3 Å². The fourth-order valence-electron chi connectivity index (χ4n) is 2.48. The molecule has 0 aromatic carbocycles. The van der Waals surface area contributed by atoms with Crippen LogP contribution in [-0.2, 0) is 4.74 Å². The average molecular weight is 224 g/mol. The molecule has 0 aliphatic heterocycles. The van der Waals surface area contributed by atoms with Crippen LogP contribution < -0.4 is 0 Å². The summed E-state index contributed by atoms with van der Waals surface area (Å²) < 4.78 is 5.62. The van der Waals surface area contributed by atoms with Crippen LogP contribution in [0, 0.1) is 25.2 Å². The molecule has 2 atom stereocenters. The molecule has 0 aromatic rings. The van der Waals surface area contributed by atoms with Gasteiger partial charge in [-0.2, -0.15) is 0 Å².